The Kier molecular flexibility index (Phi) is 17.1. The van der Waals surface area contributed by atoms with Crippen LogP contribution >= 0.6 is 0 Å². The first kappa shape index (κ1) is 43.6. The van der Waals surface area contributed by atoms with Crippen molar-refractivity contribution in [3.05, 3.63) is 88.6 Å². The van der Waals surface area contributed by atoms with Crippen molar-refractivity contribution in [2.24, 2.45) is 5.73 Å². The Bertz CT molecular complexity index is 2050. The molecule has 1 saturated heterocycles. The molecule has 2 aromatic carbocycles. The van der Waals surface area contributed by atoms with Gasteiger partial charge in [-0.05, 0) is 62.3 Å². The lowest BCUT2D eigenvalue weighted by molar-refractivity contribution is -0.000579. The number of nitrogens with two attached hydrogens (primary N) is 1. The number of carbonyl (C=O) groups is 1. The van der Waals surface area contributed by atoms with Crippen LogP contribution in [0.2, 0.25) is 0 Å². The molecule has 1 amide bonds. The fraction of sp³-hybridized carbons (Fsp3) is 0.500. The summed E-state index contributed by atoms with van der Waals surface area (Å²) in [5, 5.41) is 11.9. The maximum Gasteiger partial charge on any atom is 0.251 e. The fourth-order valence-electron chi connectivity index (χ4n) is 6.34. The molecule has 0 aliphatic carbocycles. The first-order chi connectivity index (χ1) is 27.6. The largest absolute Gasteiger partial charge is 0.473 e. The molecule has 1 fully saturated rings. The Morgan fingerprint density at radius 2 is 1.68 bits per heavy atom. The molecule has 1 atom stereocenters. The molecular formula is C40H53FN8O7S. The maximum atomic E-state index is 14.4. The number of nitrogens with one attached hydrogen (secondary N) is 2. The van der Waals surface area contributed by atoms with E-state index >= 15 is 0 Å². The van der Waals surface area contributed by atoms with E-state index in [9.17, 15) is 13.4 Å². The number of hydrogen-bond donors (Lipinski definition) is 3. The van der Waals surface area contributed by atoms with E-state index in [2.05, 4.69) is 10.2 Å². The van der Waals surface area contributed by atoms with Crippen molar-refractivity contribution in [2.45, 2.75) is 38.5 Å². The van der Waals surface area contributed by atoms with E-state index in [-0.39, 0.29) is 29.7 Å². The quantitative estimate of drug-likeness (QED) is 0.0866. The Morgan fingerprint density at radius 1 is 0.982 bits per heavy atom. The van der Waals surface area contributed by atoms with E-state index in [1.165, 1.54) is 12.3 Å². The lowest BCUT2D eigenvalue weighted by Crippen LogP contribution is -2.33. The number of ether oxygens (including phenoxy) is 5. The van der Waals surface area contributed by atoms with E-state index in [0.717, 1.165) is 48.5 Å². The zero-order chi connectivity index (χ0) is 40.5. The van der Waals surface area contributed by atoms with Gasteiger partial charge in [0.05, 0.1) is 82.1 Å². The molecule has 5 rings (SSSR count). The molecule has 308 valence electrons. The van der Waals surface area contributed by atoms with Gasteiger partial charge in [-0.25, -0.2) is 14.4 Å². The summed E-state index contributed by atoms with van der Waals surface area (Å²) in [6.07, 6.45) is 3.15. The number of aromatic nitrogens is 3. The predicted octanol–water partition coefficient (Wildman–Crippen LogP) is 3.83. The molecule has 2 aromatic heterocycles. The summed E-state index contributed by atoms with van der Waals surface area (Å²) in [4.78, 5) is 25.0. The second-order valence-electron chi connectivity index (χ2n) is 13.7. The van der Waals surface area contributed by atoms with Crippen molar-refractivity contribution in [1.29, 1.82) is 10.0 Å². The monoisotopic (exact) mass is 808 g/mol. The Hall–Kier alpha value is -4.54. The Labute approximate surface area is 333 Å². The fourth-order valence-corrected chi connectivity index (χ4v) is 6.88. The Morgan fingerprint density at radius 3 is 2.35 bits per heavy atom. The molecule has 57 heavy (non-hydrogen) atoms. The smallest absolute Gasteiger partial charge is 0.251 e. The van der Waals surface area contributed by atoms with Gasteiger partial charge in [-0.1, -0.05) is 12.1 Å². The molecule has 0 radical (unpaired) electrons. The Balaban J connectivity index is 1.10. The number of hydrogen-bond acceptors (Lipinski definition) is 13. The van der Waals surface area contributed by atoms with Gasteiger partial charge in [-0.15, -0.1) is 0 Å². The van der Waals surface area contributed by atoms with Gasteiger partial charge >= 0.3 is 0 Å². The van der Waals surface area contributed by atoms with Crippen molar-refractivity contribution >= 4 is 26.7 Å². The van der Waals surface area contributed by atoms with E-state index in [1.54, 1.807) is 30.3 Å². The first-order valence-electron chi connectivity index (χ1n) is 19.1. The number of nitrogens with zero attached hydrogens (tertiary/aromatic N) is 5. The summed E-state index contributed by atoms with van der Waals surface area (Å²) in [7, 11) is -2.77. The van der Waals surface area contributed by atoms with Crippen molar-refractivity contribution in [1.82, 2.24) is 24.8 Å². The van der Waals surface area contributed by atoms with Crippen LogP contribution in [0.25, 0.3) is 11.0 Å². The number of rotatable bonds is 24. The number of pyridine rings is 1. The normalized spacial score (nSPS) is 14.7. The highest BCUT2D eigenvalue weighted by molar-refractivity contribution is 7.91. The number of amides is 1. The van der Waals surface area contributed by atoms with Crippen LogP contribution in [-0.2, 0) is 48.4 Å². The van der Waals surface area contributed by atoms with Crippen LogP contribution in [0.3, 0.4) is 0 Å². The average molecular weight is 809 g/mol. The van der Waals surface area contributed by atoms with Crippen LogP contribution in [0, 0.1) is 21.9 Å². The zero-order valence-corrected chi connectivity index (χ0v) is 33.3. The maximum absolute atomic E-state index is 14.4. The molecule has 1 aliphatic heterocycles. The average Bonchev–Trinajstić information content (AvgIpc) is 3.55. The standard InChI is InChI=1S/C40H53FN8O7S/c1-57(44,51)24-15-49-37-26-32(40(50)45-12-17-53-19-21-55-23-22-54-20-18-52-16-11-42)7-8-36(37)46-38(49)28-48-13-9-31(10-14-48)35-3-2-4-39(47-35)56-29-33-6-5-30(27-43)25-34(33)41/h2-8,25-26,31,44H,9-24,28-29,42H2,1H3,(H,45,50). The van der Waals surface area contributed by atoms with Gasteiger partial charge in [0.2, 0.25) is 5.88 Å². The lowest BCUT2D eigenvalue weighted by Gasteiger charge is -2.31. The zero-order valence-electron chi connectivity index (χ0n) is 32.5. The molecule has 4 N–H and O–H groups in total. The molecule has 4 aromatic rings. The van der Waals surface area contributed by atoms with Gasteiger partial charge in [-0.2, -0.15) is 5.26 Å². The van der Waals surface area contributed by atoms with Crippen LogP contribution in [0.15, 0.2) is 54.6 Å². The summed E-state index contributed by atoms with van der Waals surface area (Å²) in [6.45, 7) is 6.86. The number of carbonyl (C=O) groups excluding carboxylic acids is 1. The van der Waals surface area contributed by atoms with Crippen molar-refractivity contribution in [2.75, 3.05) is 91.0 Å². The second kappa shape index (κ2) is 22.4. The summed E-state index contributed by atoms with van der Waals surface area (Å²) in [5.41, 5.74) is 8.83. The molecule has 1 unspecified atom stereocenters. The predicted molar refractivity (Wildman–Crippen MR) is 213 cm³/mol. The van der Waals surface area contributed by atoms with Gasteiger partial charge in [-0.3, -0.25) is 18.7 Å². The van der Waals surface area contributed by atoms with Crippen LogP contribution in [-0.4, -0.2) is 121 Å². The second-order valence-corrected chi connectivity index (χ2v) is 16.2. The third-order valence-electron chi connectivity index (χ3n) is 9.38. The minimum Gasteiger partial charge on any atom is -0.473 e. The highest BCUT2D eigenvalue weighted by Gasteiger charge is 2.24. The minimum absolute atomic E-state index is 0.00409. The van der Waals surface area contributed by atoms with Gasteiger partial charge in [0.25, 0.3) is 5.91 Å². The topological polar surface area (TPSA) is 200 Å². The summed E-state index contributed by atoms with van der Waals surface area (Å²) in [6, 6.07) is 17.2. The summed E-state index contributed by atoms with van der Waals surface area (Å²) < 4.78 is 64.4. The molecular weight excluding hydrogens is 756 g/mol. The molecule has 0 spiro atoms. The number of halogens is 1. The third-order valence-corrected chi connectivity index (χ3v) is 10.3. The number of nitriles is 1. The molecule has 1 aliphatic rings. The molecule has 17 heteroatoms. The molecule has 15 nitrogen and oxygen atoms in total. The minimum atomic E-state index is -2.77. The van der Waals surface area contributed by atoms with E-state index in [4.69, 9.17) is 49.4 Å². The van der Waals surface area contributed by atoms with E-state index in [1.807, 2.05) is 28.8 Å². The van der Waals surface area contributed by atoms with Crippen molar-refractivity contribution in [3.63, 3.8) is 0 Å². The van der Waals surface area contributed by atoms with Crippen molar-refractivity contribution in [3.8, 4) is 11.9 Å². The lowest BCUT2D eigenvalue weighted by atomic mass is 9.93. The van der Waals surface area contributed by atoms with Gasteiger partial charge < -0.3 is 39.3 Å². The molecule has 3 heterocycles. The van der Waals surface area contributed by atoms with Crippen molar-refractivity contribution < 1.29 is 37.1 Å². The highest BCUT2D eigenvalue weighted by Crippen LogP contribution is 2.29. The third kappa shape index (κ3) is 14.1. The van der Waals surface area contributed by atoms with E-state index < -0.39 is 15.5 Å². The van der Waals surface area contributed by atoms with Crippen LogP contribution in [0.4, 0.5) is 4.39 Å². The number of likely N-dealkylation sites (tertiary alicyclic amines) is 1. The number of imidazole rings is 1. The molecule has 0 saturated carbocycles. The van der Waals surface area contributed by atoms with E-state index in [0.29, 0.717) is 96.0 Å². The first-order valence-corrected chi connectivity index (χ1v) is 21.3. The van der Waals surface area contributed by atoms with Gasteiger partial charge in [0.1, 0.15) is 18.2 Å². The molecule has 0 bridgehead atoms. The van der Waals surface area contributed by atoms with Crippen LogP contribution in [0.5, 0.6) is 5.88 Å². The SMILES string of the molecule is CS(=N)(=O)CCn1c(CN2CCC(c3cccc(OCc4ccc(C#N)cc4F)n3)CC2)nc2ccc(C(=O)NCCOCCOCCOCCOCCN)cc21. The van der Waals surface area contributed by atoms with Gasteiger partial charge in [0, 0.05) is 70.2 Å². The number of benzene rings is 2. The number of piperidine rings is 1. The summed E-state index contributed by atoms with van der Waals surface area (Å²) >= 11 is 0. The summed E-state index contributed by atoms with van der Waals surface area (Å²) in [5.74, 6) is 0.833. The highest BCUT2D eigenvalue weighted by atomic mass is 32.2. The number of fused-ring (bicyclic) bond motifs is 1. The number of aryl methyl sites for hydroxylation is 1. The van der Waals surface area contributed by atoms with Gasteiger partial charge in [0.15, 0.2) is 0 Å². The van der Waals surface area contributed by atoms with Crippen LogP contribution < -0.4 is 15.8 Å². The van der Waals surface area contributed by atoms with Crippen LogP contribution in [0.1, 0.15) is 51.8 Å².